The van der Waals surface area contributed by atoms with Crippen molar-refractivity contribution in [3.8, 4) is 0 Å². The standard InChI is InChI=1S/C25H47N5O3/c1-20-9-11-23(12-10-20)33-16-15-29(3)25(32)19-30-18-21(17-26-30)27-24(31)13-14-28(2)22-7-5-4-6-8-22/h20-23,26H,4-19H2,1-3H3,(H,27,31). The maximum atomic E-state index is 12.6. The zero-order valence-corrected chi connectivity index (χ0v) is 21.2. The lowest BCUT2D eigenvalue weighted by Gasteiger charge is -2.31. The minimum Gasteiger partial charge on any atom is -0.376 e. The molecule has 33 heavy (non-hydrogen) atoms. The lowest BCUT2D eigenvalue weighted by molar-refractivity contribution is -0.132. The first kappa shape index (κ1) is 26.4. The summed E-state index contributed by atoms with van der Waals surface area (Å²) in [5.41, 5.74) is 3.26. The molecule has 1 aliphatic heterocycles. The van der Waals surface area contributed by atoms with E-state index in [1.807, 2.05) is 12.1 Å². The van der Waals surface area contributed by atoms with Gasteiger partial charge < -0.3 is 19.9 Å². The van der Waals surface area contributed by atoms with Gasteiger partial charge in [0.2, 0.25) is 11.8 Å². The third kappa shape index (κ3) is 9.15. The van der Waals surface area contributed by atoms with Gasteiger partial charge in [-0.25, -0.2) is 5.01 Å². The van der Waals surface area contributed by atoms with Gasteiger partial charge in [0, 0.05) is 45.7 Å². The van der Waals surface area contributed by atoms with Crippen LogP contribution in [0.15, 0.2) is 0 Å². The third-order valence-electron chi connectivity index (χ3n) is 7.75. The van der Waals surface area contributed by atoms with Gasteiger partial charge in [-0.1, -0.05) is 26.2 Å². The molecule has 3 fully saturated rings. The van der Waals surface area contributed by atoms with Gasteiger partial charge in [0.1, 0.15) is 0 Å². The van der Waals surface area contributed by atoms with E-state index in [-0.39, 0.29) is 17.9 Å². The quantitative estimate of drug-likeness (QED) is 0.486. The van der Waals surface area contributed by atoms with Gasteiger partial charge in [0.15, 0.2) is 0 Å². The molecule has 2 saturated carbocycles. The Labute approximate surface area is 200 Å². The molecular formula is C25H47N5O3. The highest BCUT2D eigenvalue weighted by Crippen LogP contribution is 2.25. The third-order valence-corrected chi connectivity index (χ3v) is 7.75. The van der Waals surface area contributed by atoms with Crippen molar-refractivity contribution < 1.29 is 14.3 Å². The van der Waals surface area contributed by atoms with E-state index in [0.29, 0.717) is 51.4 Å². The number of amides is 2. The molecular weight excluding hydrogens is 418 g/mol. The summed E-state index contributed by atoms with van der Waals surface area (Å²) in [5, 5.41) is 5.05. The molecule has 2 amide bonds. The Kier molecular flexibility index (Phi) is 10.9. The van der Waals surface area contributed by atoms with Crippen molar-refractivity contribution in [1.29, 1.82) is 0 Å². The van der Waals surface area contributed by atoms with Gasteiger partial charge in [-0.05, 0) is 51.5 Å². The van der Waals surface area contributed by atoms with Gasteiger partial charge in [0.25, 0.3) is 0 Å². The second kappa shape index (κ2) is 13.6. The normalized spacial score (nSPS) is 27.1. The van der Waals surface area contributed by atoms with E-state index >= 15 is 0 Å². The van der Waals surface area contributed by atoms with Crippen molar-refractivity contribution in [3.05, 3.63) is 0 Å². The van der Waals surface area contributed by atoms with Gasteiger partial charge >= 0.3 is 0 Å². The van der Waals surface area contributed by atoms with Crippen LogP contribution in [-0.2, 0) is 14.3 Å². The van der Waals surface area contributed by atoms with E-state index in [2.05, 4.69) is 29.6 Å². The van der Waals surface area contributed by atoms with Gasteiger partial charge in [-0.15, -0.1) is 0 Å². The van der Waals surface area contributed by atoms with E-state index in [4.69, 9.17) is 4.74 Å². The van der Waals surface area contributed by atoms with Crippen LogP contribution in [0.2, 0.25) is 0 Å². The zero-order valence-electron chi connectivity index (χ0n) is 21.2. The summed E-state index contributed by atoms with van der Waals surface area (Å²) >= 11 is 0. The SMILES string of the molecule is CC1CCC(OCCN(C)C(=O)CN2CC(NC(=O)CCN(C)C3CCCCC3)CN2)CC1. The van der Waals surface area contributed by atoms with Crippen LogP contribution in [0.1, 0.15) is 71.1 Å². The molecule has 1 saturated heterocycles. The fraction of sp³-hybridized carbons (Fsp3) is 0.920. The summed E-state index contributed by atoms with van der Waals surface area (Å²) in [5.74, 6) is 0.993. The molecule has 0 aromatic carbocycles. The summed E-state index contributed by atoms with van der Waals surface area (Å²) in [6.45, 7) is 5.97. The number of rotatable bonds is 11. The molecule has 8 nitrogen and oxygen atoms in total. The summed E-state index contributed by atoms with van der Waals surface area (Å²) < 4.78 is 5.99. The largest absolute Gasteiger partial charge is 0.376 e. The van der Waals surface area contributed by atoms with Crippen LogP contribution in [0.5, 0.6) is 0 Å². The first-order valence-corrected chi connectivity index (χ1v) is 13.2. The van der Waals surface area contributed by atoms with Crippen molar-refractivity contribution in [2.45, 2.75) is 89.3 Å². The highest BCUT2D eigenvalue weighted by Gasteiger charge is 2.26. The van der Waals surface area contributed by atoms with Crippen LogP contribution in [0.4, 0.5) is 0 Å². The smallest absolute Gasteiger partial charge is 0.238 e. The van der Waals surface area contributed by atoms with Gasteiger partial charge in [0.05, 0.1) is 25.3 Å². The van der Waals surface area contributed by atoms with Gasteiger partial charge in [-0.2, -0.15) is 0 Å². The number of likely N-dealkylation sites (N-methyl/N-ethyl adjacent to an activating group) is 1. The lowest BCUT2D eigenvalue weighted by Crippen LogP contribution is -2.43. The number of nitrogens with one attached hydrogen (secondary N) is 2. The Morgan fingerprint density at radius 1 is 1.03 bits per heavy atom. The van der Waals surface area contributed by atoms with Crippen LogP contribution < -0.4 is 10.7 Å². The number of hydrogen-bond acceptors (Lipinski definition) is 6. The van der Waals surface area contributed by atoms with E-state index in [1.54, 1.807) is 4.90 Å². The van der Waals surface area contributed by atoms with E-state index in [1.165, 1.54) is 44.9 Å². The van der Waals surface area contributed by atoms with Crippen LogP contribution in [0.25, 0.3) is 0 Å². The average molecular weight is 466 g/mol. The van der Waals surface area contributed by atoms with Crippen LogP contribution in [-0.4, -0.2) is 98.2 Å². The Morgan fingerprint density at radius 2 is 1.76 bits per heavy atom. The van der Waals surface area contributed by atoms with Crippen LogP contribution in [0, 0.1) is 5.92 Å². The van der Waals surface area contributed by atoms with Crippen molar-refractivity contribution in [3.63, 3.8) is 0 Å². The fourth-order valence-electron chi connectivity index (χ4n) is 5.29. The molecule has 0 spiro atoms. The summed E-state index contributed by atoms with van der Waals surface area (Å²) in [4.78, 5) is 29.1. The van der Waals surface area contributed by atoms with E-state index < -0.39 is 0 Å². The van der Waals surface area contributed by atoms with Crippen LogP contribution >= 0.6 is 0 Å². The highest BCUT2D eigenvalue weighted by atomic mass is 16.5. The average Bonchev–Trinajstić information content (AvgIpc) is 3.25. The molecule has 1 unspecified atom stereocenters. The molecule has 0 aromatic heterocycles. The highest BCUT2D eigenvalue weighted by molar-refractivity contribution is 5.78. The maximum absolute atomic E-state index is 12.6. The molecule has 8 heteroatoms. The number of hydrogen-bond donors (Lipinski definition) is 2. The molecule has 2 N–H and O–H groups in total. The monoisotopic (exact) mass is 465 g/mol. The summed E-state index contributed by atoms with van der Waals surface area (Å²) in [6, 6.07) is 0.683. The Balaban J connectivity index is 1.25. The molecule has 1 atom stereocenters. The second-order valence-electron chi connectivity index (χ2n) is 10.6. The molecule has 0 radical (unpaired) electrons. The molecule has 0 aromatic rings. The Hall–Kier alpha value is -1.22. The number of carbonyl (C=O) groups excluding carboxylic acids is 2. The van der Waals surface area contributed by atoms with E-state index in [0.717, 1.165) is 25.3 Å². The molecule has 1 heterocycles. The number of nitrogens with zero attached hydrogens (tertiary/aromatic N) is 3. The summed E-state index contributed by atoms with van der Waals surface area (Å²) in [6.07, 6.45) is 12.1. The second-order valence-corrected chi connectivity index (χ2v) is 10.6. The first-order valence-electron chi connectivity index (χ1n) is 13.2. The zero-order chi connectivity index (χ0) is 23.6. The number of carbonyl (C=O) groups is 2. The Bertz CT molecular complexity index is 605. The van der Waals surface area contributed by atoms with Crippen molar-refractivity contribution in [2.24, 2.45) is 5.92 Å². The Morgan fingerprint density at radius 3 is 2.48 bits per heavy atom. The molecule has 3 aliphatic rings. The van der Waals surface area contributed by atoms with Crippen molar-refractivity contribution in [1.82, 2.24) is 25.6 Å². The predicted octanol–water partition coefficient (Wildman–Crippen LogP) is 2.00. The maximum Gasteiger partial charge on any atom is 0.238 e. The molecule has 2 aliphatic carbocycles. The van der Waals surface area contributed by atoms with E-state index in [9.17, 15) is 9.59 Å². The van der Waals surface area contributed by atoms with Crippen molar-refractivity contribution >= 4 is 11.8 Å². The minimum absolute atomic E-state index is 0.0487. The topological polar surface area (TPSA) is 77.2 Å². The number of hydrazine groups is 1. The van der Waals surface area contributed by atoms with Crippen LogP contribution in [0.3, 0.4) is 0 Å². The summed E-state index contributed by atoms with van der Waals surface area (Å²) in [7, 11) is 3.98. The number of ether oxygens (including phenoxy) is 1. The lowest BCUT2D eigenvalue weighted by atomic mass is 9.89. The fourth-order valence-corrected chi connectivity index (χ4v) is 5.29. The molecule has 0 bridgehead atoms. The predicted molar refractivity (Wildman–Crippen MR) is 131 cm³/mol. The minimum atomic E-state index is 0.0487. The molecule has 190 valence electrons. The van der Waals surface area contributed by atoms with Gasteiger partial charge in [-0.3, -0.25) is 15.0 Å². The molecule has 3 rings (SSSR count). The van der Waals surface area contributed by atoms with Crippen molar-refractivity contribution in [2.75, 3.05) is 53.4 Å². The first-order chi connectivity index (χ1) is 15.9.